The Hall–Kier alpha value is -2.86. The predicted octanol–water partition coefficient (Wildman–Crippen LogP) is 5.26. The molecule has 2 heterocycles. The number of hydrogen-bond acceptors (Lipinski definition) is 4. The van der Waals surface area contributed by atoms with E-state index in [0.29, 0.717) is 6.54 Å². The van der Waals surface area contributed by atoms with Crippen molar-refractivity contribution < 1.29 is 19.0 Å². The first-order valence-electron chi connectivity index (χ1n) is 10.2. The second-order valence-corrected chi connectivity index (χ2v) is 8.95. The summed E-state index contributed by atoms with van der Waals surface area (Å²) in [5.41, 5.74) is 2.29. The number of para-hydroxylation sites is 1. The number of carbonyl (C=O) groups excluding carboxylic acids is 1. The first-order chi connectivity index (χ1) is 14.2. The van der Waals surface area contributed by atoms with Crippen LogP contribution in [0.4, 0.5) is 9.18 Å². The molecule has 158 valence electrons. The molecule has 1 atom stereocenters. The van der Waals surface area contributed by atoms with E-state index in [9.17, 15) is 14.3 Å². The van der Waals surface area contributed by atoms with E-state index in [0.717, 1.165) is 41.5 Å². The van der Waals surface area contributed by atoms with Gasteiger partial charge in [-0.3, -0.25) is 9.47 Å². The van der Waals surface area contributed by atoms with Crippen molar-refractivity contribution >= 4 is 17.0 Å². The molecule has 0 bridgehead atoms. The average molecular weight is 410 g/mol. The fraction of sp³-hybridized carbons (Fsp3) is 0.375. The molecule has 0 amide bonds. The van der Waals surface area contributed by atoms with Crippen LogP contribution in [0.3, 0.4) is 0 Å². The molecule has 1 fully saturated rings. The van der Waals surface area contributed by atoms with Gasteiger partial charge in [0.1, 0.15) is 5.60 Å². The van der Waals surface area contributed by atoms with E-state index >= 15 is 0 Å². The van der Waals surface area contributed by atoms with Crippen LogP contribution in [0, 0.1) is 5.82 Å². The number of aromatic nitrogens is 1. The second-order valence-electron chi connectivity index (χ2n) is 8.95. The Labute approximate surface area is 175 Å². The maximum Gasteiger partial charge on any atom is 0.419 e. The molecular formula is C24H27FN2O3. The number of carbonyl (C=O) groups is 1. The molecule has 1 N–H and O–H groups in total. The van der Waals surface area contributed by atoms with Gasteiger partial charge in [0.05, 0.1) is 5.52 Å². The Morgan fingerprint density at radius 3 is 2.73 bits per heavy atom. The maximum atomic E-state index is 13.4. The maximum absolute atomic E-state index is 13.4. The minimum absolute atomic E-state index is 0.246. The number of hydrogen-bond donors (Lipinski definition) is 1. The van der Waals surface area contributed by atoms with Gasteiger partial charge in [0.15, 0.2) is 11.6 Å². The van der Waals surface area contributed by atoms with Crippen molar-refractivity contribution in [3.05, 3.63) is 65.6 Å². The van der Waals surface area contributed by atoms with Gasteiger partial charge in [-0.1, -0.05) is 24.3 Å². The SMILES string of the molecule is CC(C)(C)OC(=O)n1cc(CN2CCC(c3ccc(F)c(O)c3)C2)c2ccccc21. The Balaban J connectivity index is 1.54. The minimum Gasteiger partial charge on any atom is -0.505 e. The molecule has 2 aromatic carbocycles. The molecule has 1 unspecified atom stereocenters. The van der Waals surface area contributed by atoms with Crippen molar-refractivity contribution in [1.29, 1.82) is 0 Å². The lowest BCUT2D eigenvalue weighted by Gasteiger charge is -2.19. The van der Waals surface area contributed by atoms with Crippen molar-refractivity contribution in [2.45, 2.75) is 45.3 Å². The van der Waals surface area contributed by atoms with E-state index in [1.54, 1.807) is 10.6 Å². The summed E-state index contributed by atoms with van der Waals surface area (Å²) in [4.78, 5) is 15.0. The number of fused-ring (bicyclic) bond motifs is 1. The lowest BCUT2D eigenvalue weighted by molar-refractivity contribution is 0.0544. The molecule has 3 aromatic rings. The zero-order valence-electron chi connectivity index (χ0n) is 17.6. The van der Waals surface area contributed by atoms with Crippen molar-refractivity contribution in [1.82, 2.24) is 9.47 Å². The molecule has 0 aliphatic carbocycles. The van der Waals surface area contributed by atoms with Crippen LogP contribution in [0.25, 0.3) is 10.9 Å². The van der Waals surface area contributed by atoms with Crippen LogP contribution in [-0.4, -0.2) is 39.4 Å². The van der Waals surface area contributed by atoms with Crippen molar-refractivity contribution in [2.24, 2.45) is 0 Å². The first kappa shape index (κ1) is 20.4. The minimum atomic E-state index is -0.594. The van der Waals surface area contributed by atoms with Crippen LogP contribution in [0.5, 0.6) is 5.75 Å². The van der Waals surface area contributed by atoms with E-state index in [1.165, 1.54) is 12.1 Å². The highest BCUT2D eigenvalue weighted by Gasteiger charge is 2.26. The number of benzene rings is 2. The molecule has 5 nitrogen and oxygen atoms in total. The van der Waals surface area contributed by atoms with Crippen molar-refractivity contribution in [3.63, 3.8) is 0 Å². The van der Waals surface area contributed by atoms with Gasteiger partial charge < -0.3 is 9.84 Å². The molecule has 1 aliphatic heterocycles. The third-order valence-electron chi connectivity index (χ3n) is 5.49. The lowest BCUT2D eigenvalue weighted by atomic mass is 9.98. The van der Waals surface area contributed by atoms with Crippen LogP contribution in [0.2, 0.25) is 0 Å². The number of phenolic OH excluding ortho intramolecular Hbond substituents is 1. The molecule has 4 rings (SSSR count). The average Bonchev–Trinajstić information content (AvgIpc) is 3.28. The topological polar surface area (TPSA) is 54.7 Å². The number of likely N-dealkylation sites (tertiary alicyclic amines) is 1. The quantitative estimate of drug-likeness (QED) is 0.640. The van der Waals surface area contributed by atoms with E-state index in [-0.39, 0.29) is 17.8 Å². The number of halogens is 1. The molecule has 1 aromatic heterocycles. The van der Waals surface area contributed by atoms with Gasteiger partial charge >= 0.3 is 6.09 Å². The number of aromatic hydroxyl groups is 1. The normalized spacial score (nSPS) is 17.5. The molecular weight excluding hydrogens is 383 g/mol. The Bertz CT molecular complexity index is 1080. The summed E-state index contributed by atoms with van der Waals surface area (Å²) in [6.45, 7) is 7.99. The Morgan fingerprint density at radius 1 is 1.23 bits per heavy atom. The second kappa shape index (κ2) is 7.76. The van der Waals surface area contributed by atoms with Crippen LogP contribution >= 0.6 is 0 Å². The molecule has 0 spiro atoms. The first-order valence-corrected chi connectivity index (χ1v) is 10.2. The lowest BCUT2D eigenvalue weighted by Crippen LogP contribution is -2.26. The third kappa shape index (κ3) is 4.19. The molecule has 0 saturated carbocycles. The highest BCUT2D eigenvalue weighted by atomic mass is 19.1. The Kier molecular flexibility index (Phi) is 5.28. The van der Waals surface area contributed by atoms with E-state index in [2.05, 4.69) is 4.90 Å². The van der Waals surface area contributed by atoms with Gasteiger partial charge in [0, 0.05) is 24.7 Å². The van der Waals surface area contributed by atoms with Crippen LogP contribution in [0.1, 0.15) is 44.2 Å². The standard InChI is InChI=1S/C24H27FN2O3/c1-24(2,3)30-23(29)27-15-18(19-6-4-5-7-21(19)27)14-26-11-10-17(13-26)16-8-9-20(25)22(28)12-16/h4-9,12,15,17,28H,10-11,13-14H2,1-3H3. The van der Waals surface area contributed by atoms with Gasteiger partial charge in [-0.05, 0) is 69.0 Å². The smallest absolute Gasteiger partial charge is 0.419 e. The van der Waals surface area contributed by atoms with Gasteiger partial charge in [0.2, 0.25) is 0 Å². The van der Waals surface area contributed by atoms with E-state index in [1.807, 2.05) is 51.2 Å². The number of phenols is 1. The fourth-order valence-corrected chi connectivity index (χ4v) is 4.11. The Morgan fingerprint density at radius 2 is 2.00 bits per heavy atom. The number of ether oxygens (including phenoxy) is 1. The number of nitrogens with zero attached hydrogens (tertiary/aromatic N) is 2. The highest BCUT2D eigenvalue weighted by molar-refractivity contribution is 5.92. The van der Waals surface area contributed by atoms with Gasteiger partial charge in [-0.15, -0.1) is 0 Å². The summed E-state index contributed by atoms with van der Waals surface area (Å²) in [6.07, 6.45) is 2.43. The molecule has 6 heteroatoms. The van der Waals surface area contributed by atoms with E-state index in [4.69, 9.17) is 4.74 Å². The van der Waals surface area contributed by atoms with Gasteiger partial charge in [0.25, 0.3) is 0 Å². The summed E-state index contributed by atoms with van der Waals surface area (Å²) in [5.74, 6) is -0.648. The summed E-state index contributed by atoms with van der Waals surface area (Å²) < 4.78 is 20.5. The summed E-state index contributed by atoms with van der Waals surface area (Å²) in [5, 5.41) is 10.7. The summed E-state index contributed by atoms with van der Waals surface area (Å²) >= 11 is 0. The molecule has 1 saturated heterocycles. The summed E-state index contributed by atoms with van der Waals surface area (Å²) in [7, 11) is 0. The van der Waals surface area contributed by atoms with Crippen LogP contribution < -0.4 is 0 Å². The predicted molar refractivity (Wildman–Crippen MR) is 114 cm³/mol. The zero-order chi connectivity index (χ0) is 21.5. The van der Waals surface area contributed by atoms with Crippen molar-refractivity contribution in [2.75, 3.05) is 13.1 Å². The largest absolute Gasteiger partial charge is 0.505 e. The highest BCUT2D eigenvalue weighted by Crippen LogP contribution is 2.32. The molecule has 0 radical (unpaired) electrons. The zero-order valence-corrected chi connectivity index (χ0v) is 17.6. The van der Waals surface area contributed by atoms with E-state index < -0.39 is 11.4 Å². The third-order valence-corrected chi connectivity index (χ3v) is 5.49. The fourth-order valence-electron chi connectivity index (χ4n) is 4.11. The van der Waals surface area contributed by atoms with Crippen molar-refractivity contribution in [3.8, 4) is 5.75 Å². The summed E-state index contributed by atoms with van der Waals surface area (Å²) in [6, 6.07) is 12.4. The molecule has 30 heavy (non-hydrogen) atoms. The molecule has 1 aliphatic rings. The van der Waals surface area contributed by atoms with Crippen LogP contribution in [-0.2, 0) is 11.3 Å². The van der Waals surface area contributed by atoms with Gasteiger partial charge in [-0.2, -0.15) is 0 Å². The van der Waals surface area contributed by atoms with Crippen LogP contribution in [0.15, 0.2) is 48.7 Å². The monoisotopic (exact) mass is 410 g/mol. The van der Waals surface area contributed by atoms with Gasteiger partial charge in [-0.25, -0.2) is 9.18 Å². The number of rotatable bonds is 3.